The number of pyridine rings is 1. The normalized spacial score (nSPS) is 13.4. The Morgan fingerprint density at radius 1 is 1.46 bits per heavy atom. The van der Waals surface area contributed by atoms with Gasteiger partial charge in [-0.15, -0.1) is 11.3 Å². The van der Waals surface area contributed by atoms with Gasteiger partial charge in [0.2, 0.25) is 0 Å². The second-order valence-corrected chi connectivity index (χ2v) is 2.58. The molecule has 13 heavy (non-hydrogen) atoms. The molecule has 0 fully saturated rings. The Balaban J connectivity index is 0.000000845. The maximum absolute atomic E-state index is 3.93. The van der Waals surface area contributed by atoms with Crippen molar-refractivity contribution in [2.24, 2.45) is 0 Å². The van der Waals surface area contributed by atoms with Crippen molar-refractivity contribution >= 4 is 5.57 Å². The molecular weight excluding hydrogens is 279 g/mol. The van der Waals surface area contributed by atoms with E-state index in [4.69, 9.17) is 0 Å². The van der Waals surface area contributed by atoms with Crippen molar-refractivity contribution in [1.82, 2.24) is 4.98 Å². The van der Waals surface area contributed by atoms with E-state index in [0.717, 1.165) is 17.6 Å². The molecule has 0 amide bonds. The summed E-state index contributed by atoms with van der Waals surface area (Å²) in [5.74, 6) is 0. The summed E-state index contributed by atoms with van der Waals surface area (Å²) in [5, 5.41) is 0. The first kappa shape index (κ1) is 11.5. The van der Waals surface area contributed by atoms with Crippen LogP contribution in [0.25, 0.3) is 5.57 Å². The Morgan fingerprint density at radius 2 is 2.38 bits per heavy atom. The van der Waals surface area contributed by atoms with E-state index in [1.807, 2.05) is 18.2 Å². The molecule has 0 spiro atoms. The molecule has 2 heteroatoms. The third-order valence-electron chi connectivity index (χ3n) is 1.72. The summed E-state index contributed by atoms with van der Waals surface area (Å²) >= 11 is 0. The number of allylic oxidation sites excluding steroid dienone is 3. The first-order valence-electron chi connectivity index (χ1n) is 3.91. The molecule has 1 heterocycles. The van der Waals surface area contributed by atoms with Crippen molar-refractivity contribution in [3.63, 3.8) is 0 Å². The van der Waals surface area contributed by atoms with Crippen LogP contribution in [0.4, 0.5) is 0 Å². The zero-order valence-corrected chi connectivity index (χ0v) is 13.9. The van der Waals surface area contributed by atoms with Crippen molar-refractivity contribution in [2.45, 2.75) is 6.42 Å². The van der Waals surface area contributed by atoms with E-state index >= 15 is 0 Å². The van der Waals surface area contributed by atoms with Gasteiger partial charge in [-0.2, -0.15) is 12.1 Å². The average molecular weight is 287 g/mol. The monoisotopic (exact) mass is 287 g/mol. The number of aromatic nitrogens is 1. The van der Waals surface area contributed by atoms with Crippen molar-refractivity contribution < 1.29 is 68.9 Å². The van der Waals surface area contributed by atoms with Crippen LogP contribution in [0.5, 0.6) is 0 Å². The molecule has 0 radical (unpaired) electrons. The maximum atomic E-state index is 3.93. The maximum Gasteiger partial charge on any atom is 1.00 e. The van der Waals surface area contributed by atoms with Gasteiger partial charge >= 0.3 is 68.9 Å². The molecule has 0 saturated carbocycles. The number of rotatable bonds is 1. The molecule has 0 N–H and O–H groups in total. The molecule has 0 saturated heterocycles. The van der Waals surface area contributed by atoms with E-state index in [-0.39, 0.29) is 68.9 Å². The fourth-order valence-electron chi connectivity index (χ4n) is 1.13. The van der Waals surface area contributed by atoms with Crippen LogP contribution in [0.2, 0.25) is 0 Å². The van der Waals surface area contributed by atoms with Gasteiger partial charge in [-0.05, 0) is 12.5 Å². The quantitative estimate of drug-likeness (QED) is 0.496. The average Bonchev–Trinajstić information content (AvgIpc) is 2.21. The number of nitrogens with zero attached hydrogens (tertiary/aromatic N) is 1. The Kier molecular flexibility index (Phi) is 5.36. The van der Waals surface area contributed by atoms with Gasteiger partial charge in [0.05, 0.1) is 0 Å². The third-order valence-corrected chi connectivity index (χ3v) is 1.72. The topological polar surface area (TPSA) is 12.9 Å². The van der Waals surface area contributed by atoms with E-state index in [1.54, 1.807) is 6.20 Å². The summed E-state index contributed by atoms with van der Waals surface area (Å²) < 4.78 is 0. The molecular formula is C11H8CsN. The van der Waals surface area contributed by atoms with Crippen LogP contribution >= 0.6 is 0 Å². The summed E-state index contributed by atoms with van der Waals surface area (Å²) in [7, 11) is 0. The minimum absolute atomic E-state index is 0. The summed E-state index contributed by atoms with van der Waals surface area (Å²) in [6, 6.07) is 3.80. The molecule has 0 atom stereocenters. The molecule has 1 aliphatic carbocycles. The Bertz CT molecular complexity index is 359. The molecule has 0 unspecified atom stereocenters. The van der Waals surface area contributed by atoms with Gasteiger partial charge in [-0.25, -0.2) is 0 Å². The van der Waals surface area contributed by atoms with E-state index in [1.165, 1.54) is 0 Å². The predicted molar refractivity (Wildman–Crippen MR) is 48.3 cm³/mol. The Hall–Kier alpha value is 0.462. The van der Waals surface area contributed by atoms with Gasteiger partial charge in [-0.3, -0.25) is 0 Å². The smallest absolute Gasteiger partial charge is 0.394 e. The molecule has 1 aromatic rings. The van der Waals surface area contributed by atoms with Crippen molar-refractivity contribution in [3.8, 4) is 0 Å². The SMILES string of the molecule is C1=CCC=CC=1c1cc[c-]nc1.[Cs+]. The first-order chi connectivity index (χ1) is 5.97. The van der Waals surface area contributed by atoms with Gasteiger partial charge in [0.25, 0.3) is 0 Å². The minimum Gasteiger partial charge on any atom is -0.394 e. The molecule has 0 bridgehead atoms. The van der Waals surface area contributed by atoms with Gasteiger partial charge in [0.1, 0.15) is 0 Å². The van der Waals surface area contributed by atoms with Crippen molar-refractivity contribution in [2.75, 3.05) is 0 Å². The van der Waals surface area contributed by atoms with E-state index in [2.05, 4.69) is 29.1 Å². The molecule has 2 rings (SSSR count). The fraction of sp³-hybridized carbons (Fsp3) is 0.0909. The number of hydrogen-bond acceptors (Lipinski definition) is 1. The zero-order valence-electron chi connectivity index (χ0n) is 7.62. The Labute approximate surface area is 137 Å². The predicted octanol–water partition coefficient (Wildman–Crippen LogP) is -0.616. The zero-order chi connectivity index (χ0) is 8.23. The summed E-state index contributed by atoms with van der Waals surface area (Å²) in [5.41, 5.74) is 5.38. The molecule has 1 nitrogen and oxygen atoms in total. The van der Waals surface area contributed by atoms with Gasteiger partial charge in [0.15, 0.2) is 0 Å². The van der Waals surface area contributed by atoms with Crippen molar-refractivity contribution in [1.29, 1.82) is 0 Å². The van der Waals surface area contributed by atoms with Crippen LogP contribution < -0.4 is 68.9 Å². The second-order valence-electron chi connectivity index (χ2n) is 2.58. The fourth-order valence-corrected chi connectivity index (χ4v) is 1.13. The number of hydrogen-bond donors (Lipinski definition) is 0. The van der Waals surface area contributed by atoms with Crippen LogP contribution in [0.15, 0.2) is 42.3 Å². The molecule has 58 valence electrons. The Morgan fingerprint density at radius 3 is 3.00 bits per heavy atom. The van der Waals surface area contributed by atoms with Gasteiger partial charge in [-0.1, -0.05) is 24.5 Å². The van der Waals surface area contributed by atoms with E-state index in [9.17, 15) is 0 Å². The van der Waals surface area contributed by atoms with Gasteiger partial charge in [0, 0.05) is 5.57 Å². The molecule has 0 aromatic carbocycles. The van der Waals surface area contributed by atoms with Crippen LogP contribution in [-0.4, -0.2) is 4.98 Å². The minimum atomic E-state index is 0. The molecule has 1 aromatic heterocycles. The second kappa shape index (κ2) is 6.04. The summed E-state index contributed by atoms with van der Waals surface area (Å²) in [4.78, 5) is 3.93. The molecule has 1 aliphatic rings. The summed E-state index contributed by atoms with van der Waals surface area (Å²) in [6.07, 6.45) is 11.7. The van der Waals surface area contributed by atoms with Crippen LogP contribution in [0.3, 0.4) is 0 Å². The first-order valence-corrected chi connectivity index (χ1v) is 3.91. The molecule has 0 aliphatic heterocycles. The summed E-state index contributed by atoms with van der Waals surface area (Å²) in [6.45, 7) is 0. The third kappa shape index (κ3) is 3.26. The van der Waals surface area contributed by atoms with Crippen LogP contribution in [0, 0.1) is 6.20 Å². The van der Waals surface area contributed by atoms with Gasteiger partial charge < -0.3 is 4.98 Å². The largest absolute Gasteiger partial charge is 1.00 e. The van der Waals surface area contributed by atoms with E-state index < -0.39 is 0 Å². The van der Waals surface area contributed by atoms with Crippen molar-refractivity contribution in [3.05, 3.63) is 54.0 Å². The standard InChI is InChI=1S/C11H8N.Cs/c1-2-5-10(6-3-1)11-7-4-8-12-9-11;/h2-5,7,9H,1H2;/q-1;+1. The van der Waals surface area contributed by atoms with Crippen LogP contribution in [-0.2, 0) is 0 Å². The van der Waals surface area contributed by atoms with Crippen LogP contribution in [0.1, 0.15) is 12.0 Å². The van der Waals surface area contributed by atoms with E-state index in [0.29, 0.717) is 0 Å².